The van der Waals surface area contributed by atoms with Gasteiger partial charge in [0.1, 0.15) is 6.17 Å². The van der Waals surface area contributed by atoms with Crippen LogP contribution in [0.5, 0.6) is 0 Å². The number of nitrogens with zero attached hydrogens (tertiary/aromatic N) is 1. The van der Waals surface area contributed by atoms with Crippen LogP contribution in [0.4, 0.5) is 0 Å². The molecule has 3 heteroatoms. The van der Waals surface area contributed by atoms with E-state index in [9.17, 15) is 0 Å². The lowest BCUT2D eigenvalue weighted by Gasteiger charge is -2.31. The minimum Gasteiger partial charge on any atom is -0.382 e. The van der Waals surface area contributed by atoms with E-state index in [0.717, 1.165) is 24.2 Å². The van der Waals surface area contributed by atoms with Crippen LogP contribution in [0.3, 0.4) is 0 Å². The van der Waals surface area contributed by atoms with Gasteiger partial charge in [-0.25, -0.2) is 0 Å². The standard InChI is InChI=1S/C8H19N2.C4H10O/c1-6-7-9-8(2)10(3,4)5;1-3-5-4-2/h6,8-9H,1,7H2,2-5H3;3-4H2,1-2H3/q+1;. The van der Waals surface area contributed by atoms with Crippen LogP contribution >= 0.6 is 0 Å². The van der Waals surface area contributed by atoms with Crippen LogP contribution in [0.2, 0.25) is 0 Å². The van der Waals surface area contributed by atoms with E-state index >= 15 is 0 Å². The lowest BCUT2D eigenvalue weighted by molar-refractivity contribution is -0.897. The first-order chi connectivity index (χ1) is 6.90. The zero-order valence-electron chi connectivity index (χ0n) is 11.3. The van der Waals surface area contributed by atoms with Gasteiger partial charge in [0.2, 0.25) is 0 Å². The van der Waals surface area contributed by atoms with Crippen molar-refractivity contribution < 1.29 is 9.22 Å². The number of hydrogen-bond acceptors (Lipinski definition) is 2. The molecule has 0 aromatic carbocycles. The summed E-state index contributed by atoms with van der Waals surface area (Å²) in [6, 6.07) is 0. The molecule has 0 heterocycles. The van der Waals surface area contributed by atoms with Gasteiger partial charge in [0.25, 0.3) is 0 Å². The fraction of sp³-hybridized carbons (Fsp3) is 0.833. The number of nitrogens with one attached hydrogen (secondary N) is 1. The topological polar surface area (TPSA) is 21.3 Å². The highest BCUT2D eigenvalue weighted by atomic mass is 16.5. The van der Waals surface area contributed by atoms with E-state index < -0.39 is 0 Å². The van der Waals surface area contributed by atoms with Crippen molar-refractivity contribution in [2.45, 2.75) is 26.9 Å². The van der Waals surface area contributed by atoms with Crippen molar-refractivity contribution >= 4 is 0 Å². The fourth-order valence-corrected chi connectivity index (χ4v) is 0.732. The van der Waals surface area contributed by atoms with Crippen molar-refractivity contribution in [1.29, 1.82) is 0 Å². The Morgan fingerprint density at radius 2 is 1.73 bits per heavy atom. The molecular weight excluding hydrogens is 188 g/mol. The second-order valence-corrected chi connectivity index (χ2v) is 4.27. The molecule has 0 aliphatic carbocycles. The average Bonchev–Trinajstić information content (AvgIpc) is 2.15. The summed E-state index contributed by atoms with van der Waals surface area (Å²) >= 11 is 0. The highest BCUT2D eigenvalue weighted by molar-refractivity contribution is 4.69. The smallest absolute Gasteiger partial charge is 0.139 e. The van der Waals surface area contributed by atoms with Gasteiger partial charge in [0, 0.05) is 26.7 Å². The SMILES string of the molecule is C=CCNC(C)[N+](C)(C)C.CCOCC. The summed E-state index contributed by atoms with van der Waals surface area (Å²) in [5, 5.41) is 3.33. The molecule has 0 spiro atoms. The fourth-order valence-electron chi connectivity index (χ4n) is 0.732. The summed E-state index contributed by atoms with van der Waals surface area (Å²) in [4.78, 5) is 0. The van der Waals surface area contributed by atoms with Crippen molar-refractivity contribution in [3.8, 4) is 0 Å². The molecule has 0 aromatic heterocycles. The van der Waals surface area contributed by atoms with E-state index in [1.807, 2.05) is 19.9 Å². The molecule has 1 unspecified atom stereocenters. The molecule has 1 N–H and O–H groups in total. The Morgan fingerprint density at radius 3 is 1.93 bits per heavy atom. The van der Waals surface area contributed by atoms with Crippen LogP contribution in [-0.2, 0) is 4.74 Å². The molecule has 1 atom stereocenters. The third-order valence-corrected chi connectivity index (χ3v) is 2.13. The van der Waals surface area contributed by atoms with Crippen LogP contribution in [0, 0.1) is 0 Å². The number of rotatable bonds is 6. The molecule has 0 bridgehead atoms. The second-order valence-electron chi connectivity index (χ2n) is 4.27. The summed E-state index contributed by atoms with van der Waals surface area (Å²) in [6.45, 7) is 12.4. The first kappa shape index (κ1) is 17.0. The quantitative estimate of drug-likeness (QED) is 0.416. The summed E-state index contributed by atoms with van der Waals surface area (Å²) in [5.41, 5.74) is 0. The molecule has 92 valence electrons. The summed E-state index contributed by atoms with van der Waals surface area (Å²) in [6.07, 6.45) is 2.37. The number of ether oxygens (including phenoxy) is 1. The van der Waals surface area contributed by atoms with E-state index in [1.165, 1.54) is 0 Å². The highest BCUT2D eigenvalue weighted by Crippen LogP contribution is 1.96. The Balaban J connectivity index is 0. The predicted octanol–water partition coefficient (Wildman–Crippen LogP) is 1.86. The van der Waals surface area contributed by atoms with Gasteiger partial charge < -0.3 is 9.22 Å². The van der Waals surface area contributed by atoms with Gasteiger partial charge >= 0.3 is 0 Å². The first-order valence-corrected chi connectivity index (χ1v) is 5.63. The summed E-state index contributed by atoms with van der Waals surface area (Å²) in [7, 11) is 6.50. The molecule has 0 saturated carbocycles. The first-order valence-electron chi connectivity index (χ1n) is 5.63. The number of quaternary nitrogens is 1. The summed E-state index contributed by atoms with van der Waals surface area (Å²) in [5.74, 6) is 0. The predicted molar refractivity (Wildman–Crippen MR) is 67.9 cm³/mol. The maximum atomic E-state index is 4.83. The largest absolute Gasteiger partial charge is 0.382 e. The van der Waals surface area contributed by atoms with Crippen LogP contribution in [-0.4, -0.2) is 51.6 Å². The van der Waals surface area contributed by atoms with Gasteiger partial charge in [-0.15, -0.1) is 6.58 Å². The minimum absolute atomic E-state index is 0.484. The molecule has 0 aliphatic heterocycles. The van der Waals surface area contributed by atoms with Crippen LogP contribution in [0.1, 0.15) is 20.8 Å². The molecule has 3 nitrogen and oxygen atoms in total. The molecule has 0 rings (SSSR count). The maximum Gasteiger partial charge on any atom is 0.139 e. The van der Waals surface area contributed by atoms with Crippen LogP contribution in [0.15, 0.2) is 12.7 Å². The Morgan fingerprint density at radius 1 is 1.27 bits per heavy atom. The zero-order chi connectivity index (χ0) is 12.3. The van der Waals surface area contributed by atoms with Crippen molar-refractivity contribution in [2.24, 2.45) is 0 Å². The van der Waals surface area contributed by atoms with E-state index in [1.54, 1.807) is 0 Å². The molecule has 0 amide bonds. The lowest BCUT2D eigenvalue weighted by atomic mass is 10.4. The van der Waals surface area contributed by atoms with Crippen molar-refractivity contribution in [2.75, 3.05) is 40.9 Å². The molecule has 0 fully saturated rings. The molecule has 0 radical (unpaired) electrons. The summed E-state index contributed by atoms with van der Waals surface area (Å²) < 4.78 is 5.77. The van der Waals surface area contributed by atoms with Crippen molar-refractivity contribution in [3.63, 3.8) is 0 Å². The van der Waals surface area contributed by atoms with E-state index in [2.05, 4.69) is 40.0 Å². The second kappa shape index (κ2) is 10.1. The Kier molecular flexibility index (Phi) is 11.5. The number of hydrogen-bond donors (Lipinski definition) is 1. The maximum absolute atomic E-state index is 4.83. The van der Waals surface area contributed by atoms with Crippen LogP contribution in [0.25, 0.3) is 0 Å². The normalized spacial score (nSPS) is 12.7. The van der Waals surface area contributed by atoms with E-state index in [0.29, 0.717) is 6.17 Å². The Hall–Kier alpha value is -0.380. The highest BCUT2D eigenvalue weighted by Gasteiger charge is 2.15. The molecule has 0 saturated heterocycles. The van der Waals surface area contributed by atoms with Gasteiger partial charge in [0.15, 0.2) is 0 Å². The van der Waals surface area contributed by atoms with E-state index in [4.69, 9.17) is 4.74 Å². The molecule has 0 aliphatic rings. The van der Waals surface area contributed by atoms with Crippen molar-refractivity contribution in [3.05, 3.63) is 12.7 Å². The van der Waals surface area contributed by atoms with Gasteiger partial charge in [-0.2, -0.15) is 0 Å². The monoisotopic (exact) mass is 217 g/mol. The Labute approximate surface area is 95.7 Å². The Bertz CT molecular complexity index is 139. The van der Waals surface area contributed by atoms with Gasteiger partial charge in [-0.1, -0.05) is 6.08 Å². The molecule has 15 heavy (non-hydrogen) atoms. The van der Waals surface area contributed by atoms with Crippen molar-refractivity contribution in [1.82, 2.24) is 5.32 Å². The van der Waals surface area contributed by atoms with Gasteiger partial charge in [-0.3, -0.25) is 5.32 Å². The molecular formula is C12H29N2O+. The zero-order valence-corrected chi connectivity index (χ0v) is 11.3. The van der Waals surface area contributed by atoms with Crippen LogP contribution < -0.4 is 5.32 Å². The minimum atomic E-state index is 0.484. The van der Waals surface area contributed by atoms with Gasteiger partial charge in [0.05, 0.1) is 21.1 Å². The lowest BCUT2D eigenvalue weighted by Crippen LogP contribution is -2.51. The molecule has 0 aromatic rings. The van der Waals surface area contributed by atoms with E-state index in [-0.39, 0.29) is 0 Å². The average molecular weight is 217 g/mol. The third-order valence-electron chi connectivity index (χ3n) is 2.13. The van der Waals surface area contributed by atoms with Gasteiger partial charge in [-0.05, 0) is 13.8 Å². The third kappa shape index (κ3) is 13.6.